The van der Waals surface area contributed by atoms with Crippen LogP contribution in [0.4, 0.5) is 5.95 Å². The second kappa shape index (κ2) is 5.49. The predicted octanol–water partition coefficient (Wildman–Crippen LogP) is 3.26. The third-order valence-electron chi connectivity index (χ3n) is 2.88. The second-order valence-corrected chi connectivity index (χ2v) is 5.21. The van der Waals surface area contributed by atoms with Gasteiger partial charge in [0.2, 0.25) is 0 Å². The van der Waals surface area contributed by atoms with Crippen LogP contribution in [0.2, 0.25) is 0 Å². The van der Waals surface area contributed by atoms with Crippen molar-refractivity contribution < 1.29 is 9.45 Å². The Bertz CT molecular complexity index is 779. The van der Waals surface area contributed by atoms with Gasteiger partial charge < -0.3 is 14.6 Å². The lowest BCUT2D eigenvalue weighted by atomic mass is 10.1. The number of halogens is 1. The summed E-state index contributed by atoms with van der Waals surface area (Å²) in [7, 11) is 0. The number of nitro groups is 1. The Morgan fingerprint density at radius 1 is 1.33 bits per heavy atom. The zero-order valence-corrected chi connectivity index (χ0v) is 12.2. The van der Waals surface area contributed by atoms with E-state index >= 15 is 0 Å². The van der Waals surface area contributed by atoms with Gasteiger partial charge in [-0.3, -0.25) is 0 Å². The smallest absolute Gasteiger partial charge is 0.390 e. The molecule has 0 spiro atoms. The van der Waals surface area contributed by atoms with Crippen molar-refractivity contribution in [1.29, 1.82) is 0 Å². The Kier molecular flexibility index (Phi) is 3.53. The van der Waals surface area contributed by atoms with Gasteiger partial charge in [0.15, 0.2) is 5.76 Å². The van der Waals surface area contributed by atoms with E-state index in [0.29, 0.717) is 11.5 Å². The summed E-state index contributed by atoms with van der Waals surface area (Å²) in [5.74, 6) is 0.297. The first kappa shape index (κ1) is 13.5. The number of imidazole rings is 1. The molecule has 0 saturated heterocycles. The molecule has 0 fully saturated rings. The summed E-state index contributed by atoms with van der Waals surface area (Å²) in [6.45, 7) is 0.208. The van der Waals surface area contributed by atoms with E-state index < -0.39 is 4.92 Å². The summed E-state index contributed by atoms with van der Waals surface area (Å²) in [4.78, 5) is 14.0. The Balaban J connectivity index is 1.83. The minimum atomic E-state index is -0.536. The zero-order valence-electron chi connectivity index (χ0n) is 10.6. The normalized spacial score (nSPS) is 10.7. The molecule has 2 aromatic heterocycles. The maximum atomic E-state index is 10.8. The average Bonchev–Trinajstić information content (AvgIpc) is 3.09. The SMILES string of the molecule is O=[N+]([O-])c1nccn1Cc1cc(-c2ccc(Br)cc2)no1. The zero-order chi connectivity index (χ0) is 14.8. The van der Waals surface area contributed by atoms with Crippen molar-refractivity contribution in [2.24, 2.45) is 0 Å². The fourth-order valence-electron chi connectivity index (χ4n) is 1.91. The van der Waals surface area contributed by atoms with Gasteiger partial charge in [0.05, 0.1) is 0 Å². The molecule has 0 aliphatic heterocycles. The topological polar surface area (TPSA) is 87.0 Å². The van der Waals surface area contributed by atoms with E-state index in [4.69, 9.17) is 4.52 Å². The molecule has 106 valence electrons. The van der Waals surface area contributed by atoms with E-state index in [9.17, 15) is 10.1 Å². The number of rotatable bonds is 4. The lowest BCUT2D eigenvalue weighted by molar-refractivity contribution is -0.396. The molecule has 0 N–H and O–H groups in total. The van der Waals surface area contributed by atoms with Gasteiger partial charge in [0, 0.05) is 16.1 Å². The van der Waals surface area contributed by atoms with Gasteiger partial charge in [0.25, 0.3) is 0 Å². The van der Waals surface area contributed by atoms with Crippen molar-refractivity contribution >= 4 is 21.9 Å². The van der Waals surface area contributed by atoms with Crippen LogP contribution in [0.3, 0.4) is 0 Å². The van der Waals surface area contributed by atoms with Crippen LogP contribution in [0.25, 0.3) is 11.3 Å². The van der Waals surface area contributed by atoms with Gasteiger partial charge in [-0.2, -0.15) is 0 Å². The van der Waals surface area contributed by atoms with Crippen molar-refractivity contribution in [2.75, 3.05) is 0 Å². The van der Waals surface area contributed by atoms with Crippen LogP contribution < -0.4 is 0 Å². The molecule has 8 heteroatoms. The maximum absolute atomic E-state index is 10.8. The third kappa shape index (κ3) is 2.84. The van der Waals surface area contributed by atoms with E-state index in [1.807, 2.05) is 24.3 Å². The minimum absolute atomic E-state index is 0.208. The van der Waals surface area contributed by atoms with Gasteiger partial charge in [-0.05, 0) is 17.1 Å². The lowest BCUT2D eigenvalue weighted by Gasteiger charge is -1.97. The molecule has 3 aromatic rings. The maximum Gasteiger partial charge on any atom is 0.434 e. The summed E-state index contributed by atoms with van der Waals surface area (Å²) in [5, 5.41) is 14.8. The number of benzene rings is 1. The molecule has 3 rings (SSSR count). The standard InChI is InChI=1S/C13H9BrN4O3/c14-10-3-1-9(2-4-10)12-7-11(21-16-12)8-17-6-5-15-13(17)18(19)20/h1-7H,8H2. The van der Waals surface area contributed by atoms with Crippen LogP contribution in [-0.2, 0) is 6.54 Å². The first-order chi connectivity index (χ1) is 10.1. The van der Waals surface area contributed by atoms with E-state index in [2.05, 4.69) is 26.1 Å². The van der Waals surface area contributed by atoms with Gasteiger partial charge in [-0.1, -0.05) is 38.2 Å². The molecule has 0 aliphatic carbocycles. The van der Waals surface area contributed by atoms with Crippen molar-refractivity contribution in [3.63, 3.8) is 0 Å². The van der Waals surface area contributed by atoms with Gasteiger partial charge in [-0.15, -0.1) is 0 Å². The van der Waals surface area contributed by atoms with E-state index in [1.165, 1.54) is 17.0 Å². The van der Waals surface area contributed by atoms with Gasteiger partial charge >= 0.3 is 5.95 Å². The van der Waals surface area contributed by atoms with Crippen LogP contribution in [0.5, 0.6) is 0 Å². The molecule has 0 atom stereocenters. The molecule has 0 bridgehead atoms. The Morgan fingerprint density at radius 3 is 2.81 bits per heavy atom. The first-order valence-corrected chi connectivity index (χ1v) is 6.80. The summed E-state index contributed by atoms with van der Waals surface area (Å²) in [5.41, 5.74) is 1.59. The molecular weight excluding hydrogens is 340 g/mol. The summed E-state index contributed by atoms with van der Waals surface area (Å²) >= 11 is 3.37. The first-order valence-electron chi connectivity index (χ1n) is 6.00. The summed E-state index contributed by atoms with van der Waals surface area (Å²) in [6, 6.07) is 9.39. The number of nitrogens with zero attached hydrogens (tertiary/aromatic N) is 4. The molecular formula is C13H9BrN4O3. The third-order valence-corrected chi connectivity index (χ3v) is 3.41. The van der Waals surface area contributed by atoms with Crippen LogP contribution in [0.15, 0.2) is 51.7 Å². The molecule has 0 saturated carbocycles. The Morgan fingerprint density at radius 2 is 2.10 bits per heavy atom. The van der Waals surface area contributed by atoms with E-state index in [1.54, 1.807) is 6.07 Å². The Labute approximate surface area is 127 Å². The van der Waals surface area contributed by atoms with Crippen LogP contribution in [0.1, 0.15) is 5.76 Å². The fraction of sp³-hybridized carbons (Fsp3) is 0.0769. The van der Waals surface area contributed by atoms with Crippen molar-refractivity contribution in [2.45, 2.75) is 6.54 Å². The highest BCUT2D eigenvalue weighted by molar-refractivity contribution is 9.10. The minimum Gasteiger partial charge on any atom is -0.390 e. The van der Waals surface area contributed by atoms with Crippen LogP contribution >= 0.6 is 15.9 Å². The van der Waals surface area contributed by atoms with E-state index in [0.717, 1.165) is 10.0 Å². The average molecular weight is 349 g/mol. The van der Waals surface area contributed by atoms with Gasteiger partial charge in [-0.25, -0.2) is 4.57 Å². The van der Waals surface area contributed by atoms with Crippen LogP contribution in [-0.4, -0.2) is 19.6 Å². The molecule has 1 aromatic carbocycles. The van der Waals surface area contributed by atoms with Crippen molar-refractivity contribution in [1.82, 2.24) is 14.7 Å². The molecule has 2 heterocycles. The second-order valence-electron chi connectivity index (χ2n) is 4.30. The molecule has 0 aliphatic rings. The number of aromatic nitrogens is 3. The fourth-order valence-corrected chi connectivity index (χ4v) is 2.17. The number of hydrogen-bond donors (Lipinski definition) is 0. The Hall–Kier alpha value is -2.48. The molecule has 0 radical (unpaired) electrons. The van der Waals surface area contributed by atoms with E-state index in [-0.39, 0.29) is 12.5 Å². The molecule has 0 unspecified atom stereocenters. The summed E-state index contributed by atoms with van der Waals surface area (Å²) in [6.07, 6.45) is 2.91. The number of hydrogen-bond acceptors (Lipinski definition) is 5. The largest absolute Gasteiger partial charge is 0.434 e. The highest BCUT2D eigenvalue weighted by Gasteiger charge is 2.16. The van der Waals surface area contributed by atoms with Crippen molar-refractivity contribution in [3.8, 4) is 11.3 Å². The van der Waals surface area contributed by atoms with Crippen LogP contribution in [0, 0.1) is 10.1 Å². The monoisotopic (exact) mass is 348 g/mol. The predicted molar refractivity (Wildman–Crippen MR) is 77.6 cm³/mol. The lowest BCUT2D eigenvalue weighted by Crippen LogP contribution is -2.03. The molecule has 0 amide bonds. The summed E-state index contributed by atoms with van der Waals surface area (Å²) < 4.78 is 7.60. The quantitative estimate of drug-likeness (QED) is 0.533. The highest BCUT2D eigenvalue weighted by atomic mass is 79.9. The van der Waals surface area contributed by atoms with Gasteiger partial charge in [0.1, 0.15) is 24.6 Å². The highest BCUT2D eigenvalue weighted by Crippen LogP contribution is 2.22. The van der Waals surface area contributed by atoms with Crippen molar-refractivity contribution in [3.05, 3.63) is 63.1 Å². The molecule has 21 heavy (non-hydrogen) atoms. The molecule has 7 nitrogen and oxygen atoms in total.